The molecule has 276 valence electrons. The number of carbonyl (C=O) groups excluding carboxylic acids is 1. The first kappa shape index (κ1) is 41.9. The molecule has 0 aromatic carbocycles. The third-order valence-corrected chi connectivity index (χ3v) is 8.72. The molecule has 14 nitrogen and oxygen atoms in total. The van der Waals surface area contributed by atoms with Crippen molar-refractivity contribution in [3.8, 4) is 0 Å². The molecule has 0 aromatic heterocycles. The predicted molar refractivity (Wildman–Crippen MR) is 171 cm³/mol. The molecule has 2 aliphatic rings. The summed E-state index contributed by atoms with van der Waals surface area (Å²) in [5, 5.41) is 85.4. The lowest BCUT2D eigenvalue weighted by Gasteiger charge is -2.46. The Morgan fingerprint density at radius 2 is 1.32 bits per heavy atom. The first-order valence-electron chi connectivity index (χ1n) is 17.4. The van der Waals surface area contributed by atoms with Crippen molar-refractivity contribution in [2.45, 2.75) is 171 Å². The first-order valence-corrected chi connectivity index (χ1v) is 17.4. The van der Waals surface area contributed by atoms with Crippen LogP contribution in [0.3, 0.4) is 0 Å². The molecule has 47 heavy (non-hydrogen) atoms. The van der Waals surface area contributed by atoms with Crippen LogP contribution in [0.1, 0.15) is 97.3 Å². The van der Waals surface area contributed by atoms with Gasteiger partial charge in [0.1, 0.15) is 48.8 Å². The van der Waals surface area contributed by atoms with Crippen molar-refractivity contribution in [3.63, 3.8) is 0 Å². The first-order chi connectivity index (χ1) is 22.6. The van der Waals surface area contributed by atoms with Crippen LogP contribution in [-0.4, -0.2) is 140 Å². The fourth-order valence-electron chi connectivity index (χ4n) is 5.70. The fraction of sp³-hybridized carbons (Fsp3) is 0.909. The van der Waals surface area contributed by atoms with E-state index in [1.807, 2.05) is 6.08 Å². The molecule has 0 spiro atoms. The van der Waals surface area contributed by atoms with Crippen LogP contribution >= 0.6 is 0 Å². The second-order valence-electron chi connectivity index (χ2n) is 12.7. The van der Waals surface area contributed by atoms with Gasteiger partial charge in [-0.2, -0.15) is 0 Å². The Kier molecular flexibility index (Phi) is 20.7. The van der Waals surface area contributed by atoms with E-state index in [0.717, 1.165) is 64.2 Å². The average molecular weight is 680 g/mol. The van der Waals surface area contributed by atoms with Crippen LogP contribution < -0.4 is 5.32 Å². The largest absolute Gasteiger partial charge is 0.394 e. The van der Waals surface area contributed by atoms with Crippen molar-refractivity contribution in [3.05, 3.63) is 12.2 Å². The number of carbonyl (C=O) groups is 1. The second-order valence-corrected chi connectivity index (χ2v) is 12.7. The van der Waals surface area contributed by atoms with Gasteiger partial charge in [0, 0.05) is 6.42 Å². The van der Waals surface area contributed by atoms with Gasteiger partial charge in [0.25, 0.3) is 0 Å². The quantitative estimate of drug-likeness (QED) is 0.0518. The van der Waals surface area contributed by atoms with Gasteiger partial charge in [0.2, 0.25) is 5.91 Å². The van der Waals surface area contributed by atoms with Crippen molar-refractivity contribution in [1.29, 1.82) is 0 Å². The number of nitrogens with one attached hydrogen (secondary N) is 1. The van der Waals surface area contributed by atoms with Crippen LogP contribution in [0, 0.1) is 0 Å². The summed E-state index contributed by atoms with van der Waals surface area (Å²) in [5.74, 6) is -0.257. The maximum Gasteiger partial charge on any atom is 0.220 e. The van der Waals surface area contributed by atoms with Gasteiger partial charge >= 0.3 is 0 Å². The van der Waals surface area contributed by atoms with E-state index in [0.29, 0.717) is 6.42 Å². The van der Waals surface area contributed by atoms with Gasteiger partial charge in [0.15, 0.2) is 12.6 Å². The summed E-state index contributed by atoms with van der Waals surface area (Å²) in [7, 11) is 0. The van der Waals surface area contributed by atoms with E-state index < -0.39 is 86.8 Å². The molecule has 14 heteroatoms. The van der Waals surface area contributed by atoms with E-state index in [4.69, 9.17) is 18.9 Å². The Hall–Kier alpha value is -1.27. The summed E-state index contributed by atoms with van der Waals surface area (Å²) in [6, 6.07) is -0.900. The van der Waals surface area contributed by atoms with Crippen molar-refractivity contribution in [2.75, 3.05) is 19.8 Å². The third-order valence-electron chi connectivity index (χ3n) is 8.72. The molecular weight excluding hydrogens is 618 g/mol. The van der Waals surface area contributed by atoms with Gasteiger partial charge in [-0.1, -0.05) is 83.8 Å². The van der Waals surface area contributed by atoms with E-state index in [2.05, 4.69) is 19.2 Å². The van der Waals surface area contributed by atoms with Gasteiger partial charge in [-0.3, -0.25) is 4.79 Å². The number of unbranched alkanes of at least 4 members (excludes halogenated alkanes) is 10. The second kappa shape index (κ2) is 23.2. The lowest BCUT2D eigenvalue weighted by molar-refractivity contribution is -0.359. The molecule has 12 atom stereocenters. The van der Waals surface area contributed by atoms with Gasteiger partial charge in [-0.15, -0.1) is 0 Å². The SMILES string of the molecule is CCCCCCC/C=C/C(O)C(COC1OC(CO)C(OC2OC(CO)C(O)C(O)C2O)C(O)C1O)NC(=O)CCCCCCCC. The molecule has 0 aliphatic carbocycles. The summed E-state index contributed by atoms with van der Waals surface area (Å²) in [4.78, 5) is 12.8. The van der Waals surface area contributed by atoms with Crippen molar-refractivity contribution in [1.82, 2.24) is 5.32 Å². The van der Waals surface area contributed by atoms with E-state index >= 15 is 0 Å². The highest BCUT2D eigenvalue weighted by atomic mass is 16.7. The Bertz CT molecular complexity index is 862. The zero-order valence-corrected chi connectivity index (χ0v) is 28.0. The van der Waals surface area contributed by atoms with E-state index in [1.165, 1.54) is 6.42 Å². The lowest BCUT2D eigenvalue weighted by Crippen LogP contribution is -2.65. The summed E-state index contributed by atoms with van der Waals surface area (Å²) in [5.41, 5.74) is 0. The number of ether oxygens (including phenoxy) is 4. The summed E-state index contributed by atoms with van der Waals surface area (Å²) in [6.07, 6.45) is -0.794. The number of hydrogen-bond donors (Lipinski definition) is 9. The van der Waals surface area contributed by atoms with Gasteiger partial charge in [-0.05, 0) is 19.3 Å². The zero-order chi connectivity index (χ0) is 34.8. The minimum Gasteiger partial charge on any atom is -0.394 e. The molecule has 0 bridgehead atoms. The number of rotatable bonds is 23. The van der Waals surface area contributed by atoms with Gasteiger partial charge in [-0.25, -0.2) is 0 Å². The highest BCUT2D eigenvalue weighted by Crippen LogP contribution is 2.29. The van der Waals surface area contributed by atoms with Crippen LogP contribution in [0.2, 0.25) is 0 Å². The summed E-state index contributed by atoms with van der Waals surface area (Å²) < 4.78 is 22.4. The Labute approximate surface area is 278 Å². The van der Waals surface area contributed by atoms with E-state index in [-0.39, 0.29) is 18.9 Å². The Morgan fingerprint density at radius 1 is 0.745 bits per heavy atom. The molecule has 0 radical (unpaired) electrons. The fourth-order valence-corrected chi connectivity index (χ4v) is 5.70. The molecule has 2 fully saturated rings. The normalized spacial score (nSPS) is 32.8. The maximum atomic E-state index is 12.8. The van der Waals surface area contributed by atoms with Crippen molar-refractivity contribution >= 4 is 5.91 Å². The monoisotopic (exact) mass is 679 g/mol. The topological polar surface area (TPSA) is 228 Å². The number of aliphatic hydroxyl groups is 8. The Balaban J connectivity index is 2.02. The molecule has 0 aromatic rings. The molecule has 2 heterocycles. The molecule has 2 rings (SSSR count). The highest BCUT2D eigenvalue weighted by molar-refractivity contribution is 5.76. The number of amides is 1. The predicted octanol–water partition coefficient (Wildman–Crippen LogP) is 0.140. The number of aliphatic hydroxyl groups excluding tert-OH is 8. The summed E-state index contributed by atoms with van der Waals surface area (Å²) in [6.45, 7) is 2.58. The van der Waals surface area contributed by atoms with Gasteiger partial charge in [0.05, 0.1) is 32.0 Å². The van der Waals surface area contributed by atoms with E-state index in [1.54, 1.807) is 6.08 Å². The van der Waals surface area contributed by atoms with Crippen LogP contribution in [0.5, 0.6) is 0 Å². The minimum atomic E-state index is -1.78. The smallest absolute Gasteiger partial charge is 0.220 e. The van der Waals surface area contributed by atoms with Gasteiger partial charge < -0.3 is 65.1 Å². The minimum absolute atomic E-state index is 0.257. The average Bonchev–Trinajstić information content (AvgIpc) is 3.06. The Morgan fingerprint density at radius 3 is 1.96 bits per heavy atom. The standard InChI is InChI=1S/C33H61NO13/c1-3-5-7-9-11-12-14-16-22(37)21(34-25(38)17-15-13-10-8-6-4-2)20-44-32-30(43)28(41)31(24(19-36)46-32)47-33-29(42)27(40)26(39)23(18-35)45-33/h14,16,21-24,26-33,35-37,39-43H,3-13,15,17-20H2,1-2H3,(H,34,38)/b16-14+. The molecule has 0 saturated carbocycles. The molecular formula is C33H61NO13. The molecule has 12 unspecified atom stereocenters. The number of allylic oxidation sites excluding steroid dienone is 1. The zero-order valence-electron chi connectivity index (χ0n) is 28.0. The molecule has 2 aliphatic heterocycles. The van der Waals surface area contributed by atoms with Crippen LogP contribution in [0.4, 0.5) is 0 Å². The van der Waals surface area contributed by atoms with Crippen LogP contribution in [-0.2, 0) is 23.7 Å². The van der Waals surface area contributed by atoms with Crippen molar-refractivity contribution < 1.29 is 64.6 Å². The van der Waals surface area contributed by atoms with Crippen LogP contribution in [0.25, 0.3) is 0 Å². The summed E-state index contributed by atoms with van der Waals surface area (Å²) >= 11 is 0. The maximum absolute atomic E-state index is 12.8. The molecule has 1 amide bonds. The number of hydrogen-bond acceptors (Lipinski definition) is 13. The third kappa shape index (κ3) is 13.9. The van der Waals surface area contributed by atoms with Crippen LogP contribution in [0.15, 0.2) is 12.2 Å². The molecule has 9 N–H and O–H groups in total. The van der Waals surface area contributed by atoms with Crippen molar-refractivity contribution in [2.24, 2.45) is 0 Å². The highest BCUT2D eigenvalue weighted by Gasteiger charge is 2.50. The molecule has 2 saturated heterocycles. The lowest BCUT2D eigenvalue weighted by atomic mass is 9.97. The van der Waals surface area contributed by atoms with E-state index in [9.17, 15) is 45.6 Å².